The molecule has 0 fully saturated rings. The summed E-state index contributed by atoms with van der Waals surface area (Å²) in [6, 6.07) is 12.2. The molecule has 0 aliphatic heterocycles. The lowest BCUT2D eigenvalue weighted by Gasteiger charge is -2.10. The number of hydrogen-bond donors (Lipinski definition) is 2. The molecule has 1 unspecified atom stereocenters. The zero-order chi connectivity index (χ0) is 16.1. The largest absolute Gasteiger partial charge is 0.468 e. The van der Waals surface area contributed by atoms with Gasteiger partial charge in [0.2, 0.25) is 11.1 Å². The standard InChI is InChI=1S/C17H20N4OS/c1-3-12(2)13-6-4-7-14(10-13)18-16-19-17(21-20-16)23-11-15-8-5-9-22-15/h4-10,12H,3,11H2,1-2H3,(H2,18,19,20,21). The number of thioether (sulfide) groups is 1. The Kier molecular flexibility index (Phi) is 5.02. The van der Waals surface area contributed by atoms with Crippen molar-refractivity contribution in [2.45, 2.75) is 37.1 Å². The van der Waals surface area contributed by atoms with E-state index in [4.69, 9.17) is 4.42 Å². The first-order valence-electron chi connectivity index (χ1n) is 7.69. The molecule has 1 aromatic carbocycles. The molecule has 0 saturated heterocycles. The number of H-pyrrole nitrogens is 1. The van der Waals surface area contributed by atoms with Gasteiger partial charge in [0.15, 0.2) is 0 Å². The molecular formula is C17H20N4OS. The van der Waals surface area contributed by atoms with Gasteiger partial charge in [0.05, 0.1) is 12.0 Å². The molecule has 5 nitrogen and oxygen atoms in total. The molecule has 120 valence electrons. The van der Waals surface area contributed by atoms with E-state index in [2.05, 4.69) is 52.5 Å². The van der Waals surface area contributed by atoms with Gasteiger partial charge in [-0.1, -0.05) is 37.7 Å². The highest BCUT2D eigenvalue weighted by molar-refractivity contribution is 7.98. The van der Waals surface area contributed by atoms with E-state index in [-0.39, 0.29) is 0 Å². The zero-order valence-electron chi connectivity index (χ0n) is 13.2. The Labute approximate surface area is 139 Å². The molecule has 6 heteroatoms. The summed E-state index contributed by atoms with van der Waals surface area (Å²) in [4.78, 5) is 4.44. The normalized spacial score (nSPS) is 12.3. The van der Waals surface area contributed by atoms with Gasteiger partial charge in [0.25, 0.3) is 0 Å². The average molecular weight is 328 g/mol. The molecule has 0 aliphatic carbocycles. The summed E-state index contributed by atoms with van der Waals surface area (Å²) in [6.45, 7) is 4.43. The molecule has 0 aliphatic rings. The van der Waals surface area contributed by atoms with Crippen molar-refractivity contribution >= 4 is 23.4 Å². The topological polar surface area (TPSA) is 66.7 Å². The van der Waals surface area contributed by atoms with Gasteiger partial charge in [-0.15, -0.1) is 5.10 Å². The van der Waals surface area contributed by atoms with Crippen LogP contribution in [0.2, 0.25) is 0 Å². The van der Waals surface area contributed by atoms with Crippen LogP contribution in [-0.2, 0) is 5.75 Å². The molecule has 0 saturated carbocycles. The lowest BCUT2D eigenvalue weighted by molar-refractivity contribution is 0.530. The van der Waals surface area contributed by atoms with E-state index in [1.54, 1.807) is 6.26 Å². The van der Waals surface area contributed by atoms with Gasteiger partial charge in [0.1, 0.15) is 5.76 Å². The quantitative estimate of drug-likeness (QED) is 0.601. The van der Waals surface area contributed by atoms with Gasteiger partial charge >= 0.3 is 0 Å². The second kappa shape index (κ2) is 7.37. The van der Waals surface area contributed by atoms with E-state index in [9.17, 15) is 0 Å². The van der Waals surface area contributed by atoms with Crippen molar-refractivity contribution in [3.8, 4) is 0 Å². The van der Waals surface area contributed by atoms with Crippen molar-refractivity contribution in [2.75, 3.05) is 5.32 Å². The summed E-state index contributed by atoms with van der Waals surface area (Å²) < 4.78 is 5.30. The molecule has 1 atom stereocenters. The summed E-state index contributed by atoms with van der Waals surface area (Å²) in [5.74, 6) is 2.82. The van der Waals surface area contributed by atoms with Crippen molar-refractivity contribution in [1.82, 2.24) is 15.2 Å². The van der Waals surface area contributed by atoms with Crippen molar-refractivity contribution in [3.05, 3.63) is 54.0 Å². The van der Waals surface area contributed by atoms with Gasteiger partial charge < -0.3 is 9.73 Å². The second-order valence-electron chi connectivity index (χ2n) is 5.39. The molecule has 0 spiro atoms. The third-order valence-electron chi connectivity index (χ3n) is 3.72. The minimum atomic E-state index is 0.547. The second-order valence-corrected chi connectivity index (χ2v) is 6.34. The van der Waals surface area contributed by atoms with Crippen LogP contribution in [0.5, 0.6) is 0 Å². The van der Waals surface area contributed by atoms with Crippen molar-refractivity contribution in [3.63, 3.8) is 0 Å². The first kappa shape index (κ1) is 15.7. The van der Waals surface area contributed by atoms with Crippen LogP contribution in [0, 0.1) is 0 Å². The first-order valence-corrected chi connectivity index (χ1v) is 8.67. The summed E-state index contributed by atoms with van der Waals surface area (Å²) >= 11 is 1.53. The Morgan fingerprint density at radius 2 is 2.22 bits per heavy atom. The molecule has 2 heterocycles. The fourth-order valence-corrected chi connectivity index (χ4v) is 2.89. The highest BCUT2D eigenvalue weighted by Gasteiger charge is 2.07. The number of benzene rings is 1. The predicted molar refractivity (Wildman–Crippen MR) is 93.1 cm³/mol. The van der Waals surface area contributed by atoms with Crippen LogP contribution in [0.4, 0.5) is 11.6 Å². The van der Waals surface area contributed by atoms with Gasteiger partial charge in [0, 0.05) is 5.69 Å². The van der Waals surface area contributed by atoms with Crippen molar-refractivity contribution < 1.29 is 4.42 Å². The minimum absolute atomic E-state index is 0.547. The van der Waals surface area contributed by atoms with Gasteiger partial charge in [-0.2, -0.15) is 4.98 Å². The summed E-state index contributed by atoms with van der Waals surface area (Å²) in [5.41, 5.74) is 2.34. The molecule has 3 aromatic rings. The van der Waals surface area contributed by atoms with Crippen molar-refractivity contribution in [1.29, 1.82) is 0 Å². The average Bonchev–Trinajstić information content (AvgIpc) is 3.24. The Morgan fingerprint density at radius 1 is 1.30 bits per heavy atom. The summed E-state index contributed by atoms with van der Waals surface area (Å²) in [7, 11) is 0. The van der Waals surface area contributed by atoms with Crippen LogP contribution >= 0.6 is 11.8 Å². The van der Waals surface area contributed by atoms with E-state index in [1.165, 1.54) is 17.3 Å². The maximum Gasteiger partial charge on any atom is 0.223 e. The Morgan fingerprint density at radius 3 is 3.00 bits per heavy atom. The number of nitrogens with zero attached hydrogens (tertiary/aromatic N) is 2. The molecule has 0 amide bonds. The number of furan rings is 1. The smallest absolute Gasteiger partial charge is 0.223 e. The maximum atomic E-state index is 5.30. The van der Waals surface area contributed by atoms with Crippen LogP contribution < -0.4 is 5.32 Å². The van der Waals surface area contributed by atoms with Gasteiger partial charge in [-0.3, -0.25) is 0 Å². The summed E-state index contributed by atoms with van der Waals surface area (Å²) in [6.07, 6.45) is 2.80. The Balaban J connectivity index is 1.62. The molecule has 3 rings (SSSR count). The Bertz CT molecular complexity index is 739. The molecule has 23 heavy (non-hydrogen) atoms. The lowest BCUT2D eigenvalue weighted by atomic mass is 9.98. The van der Waals surface area contributed by atoms with E-state index in [0.717, 1.165) is 17.9 Å². The van der Waals surface area contributed by atoms with Crippen LogP contribution in [0.25, 0.3) is 0 Å². The molecule has 2 N–H and O–H groups in total. The van der Waals surface area contributed by atoms with Crippen molar-refractivity contribution in [2.24, 2.45) is 0 Å². The number of rotatable bonds is 7. The third kappa shape index (κ3) is 4.16. The fraction of sp³-hybridized carbons (Fsp3) is 0.294. The van der Waals surface area contributed by atoms with Crippen LogP contribution in [0.15, 0.2) is 52.2 Å². The van der Waals surface area contributed by atoms with Crippen LogP contribution in [-0.4, -0.2) is 15.2 Å². The molecular weight excluding hydrogens is 308 g/mol. The Hall–Kier alpha value is -2.21. The number of hydrogen-bond acceptors (Lipinski definition) is 5. The fourth-order valence-electron chi connectivity index (χ4n) is 2.19. The number of anilines is 2. The SMILES string of the molecule is CCC(C)c1cccc(Nc2nc(SCc3ccco3)n[nH]2)c1. The first-order chi connectivity index (χ1) is 11.2. The maximum absolute atomic E-state index is 5.30. The highest BCUT2D eigenvalue weighted by atomic mass is 32.2. The van der Waals surface area contributed by atoms with E-state index < -0.39 is 0 Å². The van der Waals surface area contributed by atoms with Crippen LogP contribution in [0.3, 0.4) is 0 Å². The van der Waals surface area contributed by atoms with E-state index in [0.29, 0.717) is 22.8 Å². The molecule has 0 bridgehead atoms. The highest BCUT2D eigenvalue weighted by Crippen LogP contribution is 2.24. The molecule has 2 aromatic heterocycles. The van der Waals surface area contributed by atoms with E-state index in [1.807, 2.05) is 18.2 Å². The predicted octanol–water partition coefficient (Wildman–Crippen LogP) is 4.95. The zero-order valence-corrected chi connectivity index (χ0v) is 14.1. The van der Waals surface area contributed by atoms with Crippen LogP contribution in [0.1, 0.15) is 37.5 Å². The molecule has 0 radical (unpaired) electrons. The number of aromatic amines is 1. The van der Waals surface area contributed by atoms with Gasteiger partial charge in [-0.25, -0.2) is 5.10 Å². The monoisotopic (exact) mass is 328 g/mol. The summed E-state index contributed by atoms with van der Waals surface area (Å²) in [5, 5.41) is 11.1. The van der Waals surface area contributed by atoms with Gasteiger partial charge in [-0.05, 0) is 42.2 Å². The minimum Gasteiger partial charge on any atom is -0.468 e. The van der Waals surface area contributed by atoms with E-state index >= 15 is 0 Å². The lowest BCUT2D eigenvalue weighted by Crippen LogP contribution is -1.96. The number of aromatic nitrogens is 3. The third-order valence-corrected chi connectivity index (χ3v) is 4.59. The number of nitrogens with one attached hydrogen (secondary N) is 2.